The molecular formula is C7H6BrN3O. The fourth-order valence-electron chi connectivity index (χ4n) is 1.04. The summed E-state index contributed by atoms with van der Waals surface area (Å²) in [7, 11) is 0. The number of phenols is 1. The summed E-state index contributed by atoms with van der Waals surface area (Å²) in [5, 5.41) is 9.28. The Hall–Kier alpha value is -1.23. The minimum atomic E-state index is 0.161. The van der Waals surface area contributed by atoms with Crippen molar-refractivity contribution in [2.75, 3.05) is 5.73 Å². The molecule has 0 radical (unpaired) electrons. The average molecular weight is 228 g/mol. The van der Waals surface area contributed by atoms with Crippen molar-refractivity contribution in [1.82, 2.24) is 9.97 Å². The van der Waals surface area contributed by atoms with Crippen molar-refractivity contribution in [3.05, 3.63) is 16.6 Å². The molecule has 0 unspecified atom stereocenters. The van der Waals surface area contributed by atoms with Crippen LogP contribution in [0.25, 0.3) is 11.0 Å². The molecule has 62 valence electrons. The van der Waals surface area contributed by atoms with E-state index in [2.05, 4.69) is 25.9 Å². The number of nitrogens with two attached hydrogens (primary N) is 1. The van der Waals surface area contributed by atoms with Gasteiger partial charge in [0.1, 0.15) is 5.75 Å². The van der Waals surface area contributed by atoms with Gasteiger partial charge in [0.05, 0.1) is 15.5 Å². The third-order valence-electron chi connectivity index (χ3n) is 1.57. The van der Waals surface area contributed by atoms with Crippen molar-refractivity contribution >= 4 is 32.9 Å². The van der Waals surface area contributed by atoms with E-state index in [0.717, 1.165) is 5.52 Å². The smallest absolute Gasteiger partial charge is 0.198 e. The van der Waals surface area contributed by atoms with Gasteiger partial charge in [-0.05, 0) is 22.0 Å². The Morgan fingerprint density at radius 3 is 3.00 bits per heavy atom. The Morgan fingerprint density at radius 1 is 1.50 bits per heavy atom. The topological polar surface area (TPSA) is 74.9 Å². The van der Waals surface area contributed by atoms with Gasteiger partial charge in [0, 0.05) is 6.07 Å². The van der Waals surface area contributed by atoms with Gasteiger partial charge in [-0.1, -0.05) is 0 Å². The first-order valence-corrected chi connectivity index (χ1v) is 4.10. The summed E-state index contributed by atoms with van der Waals surface area (Å²) in [4.78, 5) is 6.81. The molecule has 0 spiro atoms. The molecule has 1 aromatic heterocycles. The quantitative estimate of drug-likeness (QED) is 0.641. The number of nitrogens with one attached hydrogen (secondary N) is 1. The molecule has 0 saturated heterocycles. The van der Waals surface area contributed by atoms with Crippen molar-refractivity contribution in [1.29, 1.82) is 0 Å². The third kappa shape index (κ3) is 1.02. The van der Waals surface area contributed by atoms with Crippen LogP contribution in [0.5, 0.6) is 5.75 Å². The number of fused-ring (bicyclic) bond motifs is 1. The monoisotopic (exact) mass is 227 g/mol. The Bertz CT molecular complexity index is 398. The molecule has 0 saturated carbocycles. The number of hydrogen-bond acceptors (Lipinski definition) is 3. The van der Waals surface area contributed by atoms with Crippen LogP contribution in [0.4, 0.5) is 5.95 Å². The fourth-order valence-corrected chi connectivity index (χ4v) is 1.38. The average Bonchev–Trinajstić information content (AvgIpc) is 2.30. The Balaban J connectivity index is 2.83. The van der Waals surface area contributed by atoms with Gasteiger partial charge in [-0.15, -0.1) is 0 Å². The number of rotatable bonds is 0. The van der Waals surface area contributed by atoms with E-state index in [4.69, 9.17) is 5.73 Å². The summed E-state index contributed by atoms with van der Waals surface area (Å²) in [6, 6.07) is 3.28. The van der Waals surface area contributed by atoms with Crippen LogP contribution >= 0.6 is 15.9 Å². The van der Waals surface area contributed by atoms with Gasteiger partial charge in [0.15, 0.2) is 5.95 Å². The zero-order valence-electron chi connectivity index (χ0n) is 6.00. The lowest BCUT2D eigenvalue weighted by Gasteiger charge is -1.94. The molecule has 0 bridgehead atoms. The highest BCUT2D eigenvalue weighted by atomic mass is 79.9. The van der Waals surface area contributed by atoms with Gasteiger partial charge in [-0.2, -0.15) is 0 Å². The SMILES string of the molecule is Nc1nc2cc(O)c(Br)cc2[nH]1. The largest absolute Gasteiger partial charge is 0.507 e. The van der Waals surface area contributed by atoms with E-state index in [-0.39, 0.29) is 5.75 Å². The second-order valence-corrected chi connectivity index (χ2v) is 3.30. The Morgan fingerprint density at radius 2 is 2.25 bits per heavy atom. The number of imidazole rings is 1. The van der Waals surface area contributed by atoms with Crippen LogP contribution < -0.4 is 5.73 Å². The number of benzene rings is 1. The predicted octanol–water partition coefficient (Wildman–Crippen LogP) is 1.61. The number of phenolic OH excluding ortho intramolecular Hbond substituents is 1. The molecule has 0 atom stereocenters. The van der Waals surface area contributed by atoms with Crippen molar-refractivity contribution in [2.24, 2.45) is 0 Å². The van der Waals surface area contributed by atoms with Crippen LogP contribution in [0.3, 0.4) is 0 Å². The summed E-state index contributed by atoms with van der Waals surface area (Å²) in [5.74, 6) is 0.511. The van der Waals surface area contributed by atoms with E-state index in [1.807, 2.05) is 0 Å². The van der Waals surface area contributed by atoms with Crippen molar-refractivity contribution in [3.63, 3.8) is 0 Å². The zero-order valence-corrected chi connectivity index (χ0v) is 7.59. The van der Waals surface area contributed by atoms with Crippen molar-refractivity contribution < 1.29 is 5.11 Å². The highest BCUT2D eigenvalue weighted by Crippen LogP contribution is 2.28. The summed E-state index contributed by atoms with van der Waals surface area (Å²) in [5.41, 5.74) is 6.89. The minimum absolute atomic E-state index is 0.161. The number of halogens is 1. The Labute approximate surface area is 76.5 Å². The molecule has 1 aromatic carbocycles. The molecule has 0 aliphatic heterocycles. The normalized spacial score (nSPS) is 10.8. The lowest BCUT2D eigenvalue weighted by Crippen LogP contribution is -1.84. The van der Waals surface area contributed by atoms with Crippen molar-refractivity contribution in [2.45, 2.75) is 0 Å². The van der Waals surface area contributed by atoms with Crippen LogP contribution in [0.1, 0.15) is 0 Å². The maximum absolute atomic E-state index is 9.28. The molecular weight excluding hydrogens is 222 g/mol. The highest BCUT2D eigenvalue weighted by Gasteiger charge is 2.04. The Kier molecular flexibility index (Phi) is 1.47. The number of nitrogen functional groups attached to an aromatic ring is 1. The molecule has 4 nitrogen and oxygen atoms in total. The number of aromatic hydroxyl groups is 1. The molecule has 2 rings (SSSR count). The molecule has 0 amide bonds. The summed E-state index contributed by atoms with van der Waals surface area (Å²) in [6.07, 6.45) is 0. The molecule has 0 aliphatic carbocycles. The lowest BCUT2D eigenvalue weighted by atomic mass is 10.3. The van der Waals surface area contributed by atoms with Gasteiger partial charge in [0.2, 0.25) is 0 Å². The van der Waals surface area contributed by atoms with E-state index in [1.165, 1.54) is 0 Å². The first-order valence-electron chi connectivity index (χ1n) is 3.30. The van der Waals surface area contributed by atoms with E-state index in [0.29, 0.717) is 15.9 Å². The van der Waals surface area contributed by atoms with Crippen LogP contribution in [0.15, 0.2) is 16.6 Å². The standard InChI is InChI=1S/C7H6BrN3O/c8-3-1-4-5(2-6(3)12)11-7(9)10-4/h1-2,12H,(H3,9,10,11). The van der Waals surface area contributed by atoms with Gasteiger partial charge >= 0.3 is 0 Å². The second-order valence-electron chi connectivity index (χ2n) is 2.44. The molecule has 0 aliphatic rings. The highest BCUT2D eigenvalue weighted by molar-refractivity contribution is 9.10. The lowest BCUT2D eigenvalue weighted by molar-refractivity contribution is 0.472. The zero-order chi connectivity index (χ0) is 8.72. The van der Waals surface area contributed by atoms with Gasteiger partial charge in [-0.3, -0.25) is 0 Å². The van der Waals surface area contributed by atoms with Gasteiger partial charge in [-0.25, -0.2) is 4.98 Å². The fraction of sp³-hybridized carbons (Fsp3) is 0. The van der Waals surface area contributed by atoms with Gasteiger partial charge in [0.25, 0.3) is 0 Å². The number of nitrogens with zero attached hydrogens (tertiary/aromatic N) is 1. The summed E-state index contributed by atoms with van der Waals surface area (Å²) in [6.45, 7) is 0. The number of H-pyrrole nitrogens is 1. The number of aromatic nitrogens is 2. The second kappa shape index (κ2) is 2.38. The molecule has 12 heavy (non-hydrogen) atoms. The van der Waals surface area contributed by atoms with Crippen LogP contribution in [0.2, 0.25) is 0 Å². The molecule has 4 N–H and O–H groups in total. The van der Waals surface area contributed by atoms with E-state index < -0.39 is 0 Å². The van der Waals surface area contributed by atoms with Crippen molar-refractivity contribution in [3.8, 4) is 5.75 Å². The third-order valence-corrected chi connectivity index (χ3v) is 2.20. The van der Waals surface area contributed by atoms with Crippen LogP contribution in [-0.2, 0) is 0 Å². The molecule has 0 fully saturated rings. The minimum Gasteiger partial charge on any atom is -0.507 e. The van der Waals surface area contributed by atoms with E-state index in [9.17, 15) is 5.11 Å². The first kappa shape index (κ1) is 7.42. The number of hydrogen-bond donors (Lipinski definition) is 3. The maximum atomic E-state index is 9.28. The number of anilines is 1. The molecule has 1 heterocycles. The molecule has 5 heteroatoms. The predicted molar refractivity (Wildman–Crippen MR) is 49.9 cm³/mol. The number of aromatic amines is 1. The first-order chi connectivity index (χ1) is 5.66. The maximum Gasteiger partial charge on any atom is 0.198 e. The van der Waals surface area contributed by atoms with E-state index in [1.54, 1.807) is 12.1 Å². The summed E-state index contributed by atoms with van der Waals surface area (Å²) >= 11 is 3.19. The molecule has 2 aromatic rings. The van der Waals surface area contributed by atoms with Crippen LogP contribution in [0, 0.1) is 0 Å². The van der Waals surface area contributed by atoms with E-state index >= 15 is 0 Å². The van der Waals surface area contributed by atoms with Crippen LogP contribution in [-0.4, -0.2) is 15.1 Å². The van der Waals surface area contributed by atoms with Gasteiger partial charge < -0.3 is 15.8 Å². The summed E-state index contributed by atoms with van der Waals surface area (Å²) < 4.78 is 0.624.